The predicted octanol–water partition coefficient (Wildman–Crippen LogP) is 4.33. The number of alkyl halides is 3. The summed E-state index contributed by atoms with van der Waals surface area (Å²) in [5.41, 5.74) is 3.92. The van der Waals surface area contributed by atoms with Crippen molar-refractivity contribution in [2.24, 2.45) is 0 Å². The summed E-state index contributed by atoms with van der Waals surface area (Å²) in [4.78, 5) is 25.7. The Labute approximate surface area is 229 Å². The summed E-state index contributed by atoms with van der Waals surface area (Å²) in [6.45, 7) is 3.33. The lowest BCUT2D eigenvalue weighted by Gasteiger charge is -2.25. The van der Waals surface area contributed by atoms with Crippen LogP contribution in [-0.4, -0.2) is 63.2 Å². The first-order valence-corrected chi connectivity index (χ1v) is 14.0. The second-order valence-electron chi connectivity index (χ2n) is 8.93. The number of methoxy groups -OCH3 is 1. The molecular formula is C26H27F3N6O4S. The first kappa shape index (κ1) is 28.8. The number of halogens is 3. The van der Waals surface area contributed by atoms with E-state index in [9.17, 15) is 22.2 Å². The molecule has 1 aliphatic rings. The van der Waals surface area contributed by atoms with Crippen LogP contribution in [-0.2, 0) is 14.3 Å². The molecule has 10 nitrogen and oxygen atoms in total. The van der Waals surface area contributed by atoms with Crippen molar-refractivity contribution in [1.29, 1.82) is 0 Å². The number of allylic oxidation sites excluding steroid dienone is 1. The van der Waals surface area contributed by atoms with Crippen molar-refractivity contribution in [3.8, 4) is 16.9 Å². The van der Waals surface area contributed by atoms with Crippen LogP contribution in [0.4, 0.5) is 30.6 Å². The van der Waals surface area contributed by atoms with Crippen molar-refractivity contribution in [3.63, 3.8) is 0 Å². The fourth-order valence-electron chi connectivity index (χ4n) is 3.85. The molecule has 3 aromatic rings. The molecule has 0 saturated carbocycles. The molecule has 1 aliphatic heterocycles. The predicted molar refractivity (Wildman–Crippen MR) is 146 cm³/mol. The summed E-state index contributed by atoms with van der Waals surface area (Å²) in [6.07, 6.45) is 2.14. The van der Waals surface area contributed by atoms with Gasteiger partial charge in [-0.2, -0.15) is 18.2 Å². The second-order valence-corrected chi connectivity index (χ2v) is 11.4. The quantitative estimate of drug-likeness (QED) is 0.296. The van der Waals surface area contributed by atoms with Crippen molar-refractivity contribution in [1.82, 2.24) is 20.4 Å². The zero-order valence-electron chi connectivity index (χ0n) is 22.1. The third-order valence-electron chi connectivity index (χ3n) is 5.79. The van der Waals surface area contributed by atoms with Crippen LogP contribution in [0.3, 0.4) is 0 Å². The molecule has 14 heteroatoms. The number of pyridine rings is 1. The molecule has 2 unspecified atom stereocenters. The summed E-state index contributed by atoms with van der Waals surface area (Å²) in [5.74, 6) is 3.61. The maximum absolute atomic E-state index is 13.6. The van der Waals surface area contributed by atoms with E-state index in [1.165, 1.54) is 50.0 Å². The number of aromatic nitrogens is 3. The van der Waals surface area contributed by atoms with E-state index in [-0.39, 0.29) is 29.6 Å². The highest BCUT2D eigenvalue weighted by molar-refractivity contribution is 7.99. The van der Waals surface area contributed by atoms with Crippen LogP contribution in [0, 0.1) is 0 Å². The molecule has 2 aromatic heterocycles. The minimum absolute atomic E-state index is 0.0317. The van der Waals surface area contributed by atoms with Gasteiger partial charge in [-0.3, -0.25) is 14.2 Å². The van der Waals surface area contributed by atoms with Gasteiger partial charge in [0, 0.05) is 58.3 Å². The first-order chi connectivity index (χ1) is 18.8. The number of rotatable bonds is 8. The lowest BCUT2D eigenvalue weighted by atomic mass is 10.1. The van der Waals surface area contributed by atoms with E-state index >= 15 is 0 Å². The number of hydrogen-bond acceptors (Lipinski definition) is 10. The number of carbonyl (C=O) groups is 1. The topological polar surface area (TPSA) is 119 Å². The molecule has 3 heterocycles. The Kier molecular flexibility index (Phi) is 8.03. The SMILES string of the molecule is C=S(C)(=O)c1cc(Nc2ncc(-c3cncc(C(=O)OCC)c3)c(N3NC(C(F)(F)F)C=C3C)n2)cc(OC)c1. The van der Waals surface area contributed by atoms with E-state index in [1.807, 2.05) is 0 Å². The Hall–Kier alpha value is -4.17. The van der Waals surface area contributed by atoms with Gasteiger partial charge >= 0.3 is 12.1 Å². The molecule has 4 rings (SSSR count). The molecule has 1 aromatic carbocycles. The summed E-state index contributed by atoms with van der Waals surface area (Å²) in [7, 11) is -1.14. The van der Waals surface area contributed by atoms with E-state index in [0.717, 1.165) is 6.08 Å². The Morgan fingerprint density at radius 1 is 1.23 bits per heavy atom. The minimum Gasteiger partial charge on any atom is -0.497 e. The molecule has 0 saturated heterocycles. The van der Waals surface area contributed by atoms with Crippen LogP contribution in [0.2, 0.25) is 0 Å². The van der Waals surface area contributed by atoms with Crippen LogP contribution in [0.25, 0.3) is 11.1 Å². The molecular weight excluding hydrogens is 549 g/mol. The van der Waals surface area contributed by atoms with E-state index in [4.69, 9.17) is 9.47 Å². The van der Waals surface area contributed by atoms with Crippen LogP contribution in [0.1, 0.15) is 24.2 Å². The maximum Gasteiger partial charge on any atom is 0.409 e. The lowest BCUT2D eigenvalue weighted by Crippen LogP contribution is -2.45. The van der Waals surface area contributed by atoms with Gasteiger partial charge in [0.2, 0.25) is 5.95 Å². The summed E-state index contributed by atoms with van der Waals surface area (Å²) >= 11 is 0. The number of anilines is 3. The maximum atomic E-state index is 13.6. The number of esters is 1. The lowest BCUT2D eigenvalue weighted by molar-refractivity contribution is -0.142. The molecule has 2 N–H and O–H groups in total. The van der Waals surface area contributed by atoms with Crippen molar-refractivity contribution < 1.29 is 31.6 Å². The molecule has 40 heavy (non-hydrogen) atoms. The van der Waals surface area contributed by atoms with Gasteiger partial charge in [0.15, 0.2) is 5.82 Å². The average Bonchev–Trinajstić information content (AvgIpc) is 3.30. The third kappa shape index (κ3) is 6.34. The van der Waals surface area contributed by atoms with Crippen LogP contribution in [0.5, 0.6) is 5.75 Å². The highest BCUT2D eigenvalue weighted by Crippen LogP contribution is 2.36. The molecule has 0 aliphatic carbocycles. The Balaban J connectivity index is 1.81. The summed E-state index contributed by atoms with van der Waals surface area (Å²) in [5, 5.41) is 4.19. The number of carbonyl (C=O) groups excluding carboxylic acids is 1. The molecule has 0 radical (unpaired) electrons. The largest absolute Gasteiger partial charge is 0.497 e. The standard InChI is InChI=1S/C26H27F3N6O4S/c1-6-39-24(36)17-8-16(12-30-13-17)21-14-31-25(32-18-9-19(38-3)11-20(10-18)40(4,5)37)33-23(21)35-15(2)7-22(34-35)26(27,28)29/h7-14,22,34H,4,6H2,1-3,5H3,(H,31,32,33). The number of ether oxygens (including phenoxy) is 2. The van der Waals surface area contributed by atoms with E-state index in [2.05, 4.69) is 31.6 Å². The molecule has 0 amide bonds. The number of nitrogens with zero attached hydrogens (tertiary/aromatic N) is 4. The van der Waals surface area contributed by atoms with Gasteiger partial charge in [0.1, 0.15) is 11.8 Å². The summed E-state index contributed by atoms with van der Waals surface area (Å²) < 4.78 is 63.6. The Morgan fingerprint density at radius 2 is 1.98 bits per heavy atom. The van der Waals surface area contributed by atoms with Crippen LogP contribution < -0.4 is 20.5 Å². The van der Waals surface area contributed by atoms with Crippen LogP contribution in [0.15, 0.2) is 59.5 Å². The van der Waals surface area contributed by atoms with Gasteiger partial charge in [-0.15, -0.1) is 0 Å². The van der Waals surface area contributed by atoms with E-state index < -0.39 is 27.7 Å². The Morgan fingerprint density at radius 3 is 2.60 bits per heavy atom. The van der Waals surface area contributed by atoms with E-state index in [0.29, 0.717) is 27.5 Å². The van der Waals surface area contributed by atoms with Gasteiger partial charge in [0.25, 0.3) is 0 Å². The molecule has 0 fully saturated rings. The number of nitrogens with one attached hydrogen (secondary N) is 2. The van der Waals surface area contributed by atoms with Gasteiger partial charge in [-0.25, -0.2) is 15.2 Å². The average molecular weight is 577 g/mol. The zero-order valence-corrected chi connectivity index (χ0v) is 22.9. The first-order valence-electron chi connectivity index (χ1n) is 11.9. The smallest absolute Gasteiger partial charge is 0.409 e. The van der Waals surface area contributed by atoms with E-state index in [1.54, 1.807) is 25.1 Å². The number of hydrazine groups is 1. The second kappa shape index (κ2) is 11.1. The molecule has 0 bridgehead atoms. The van der Waals surface area contributed by atoms with Crippen molar-refractivity contribution in [2.45, 2.75) is 31.0 Å². The fraction of sp³-hybridized carbons (Fsp3) is 0.269. The Bertz CT molecular complexity index is 1580. The highest BCUT2D eigenvalue weighted by Gasteiger charge is 2.43. The fourth-order valence-corrected chi connectivity index (χ4v) is 4.59. The zero-order chi connectivity index (χ0) is 29.2. The number of benzene rings is 1. The van der Waals surface area contributed by atoms with Gasteiger partial charge in [-0.1, -0.05) is 0 Å². The van der Waals surface area contributed by atoms with Gasteiger partial charge in [0.05, 0.1) is 19.3 Å². The molecule has 0 spiro atoms. The van der Waals surface area contributed by atoms with Crippen molar-refractivity contribution in [2.75, 3.05) is 30.3 Å². The normalized spacial score (nSPS) is 16.7. The molecule has 2 atom stereocenters. The molecule has 212 valence electrons. The summed E-state index contributed by atoms with van der Waals surface area (Å²) in [6, 6.07) is 4.37. The minimum atomic E-state index is -4.55. The van der Waals surface area contributed by atoms with Crippen LogP contribution >= 0.6 is 0 Å². The van der Waals surface area contributed by atoms with Gasteiger partial charge in [-0.05, 0) is 53.5 Å². The highest BCUT2D eigenvalue weighted by atomic mass is 32.2. The van der Waals surface area contributed by atoms with Gasteiger partial charge < -0.3 is 14.8 Å². The van der Waals surface area contributed by atoms with Crippen molar-refractivity contribution >= 4 is 38.8 Å². The monoisotopic (exact) mass is 576 g/mol. The van der Waals surface area contributed by atoms with Crippen molar-refractivity contribution in [3.05, 3.63) is 60.2 Å². The number of hydrogen-bond donors (Lipinski definition) is 2. The third-order valence-corrected chi connectivity index (χ3v) is 7.03.